The first-order valence-electron chi connectivity index (χ1n) is 10.6. The Bertz CT molecular complexity index is 931. The maximum atomic E-state index is 13.2. The predicted octanol–water partition coefficient (Wildman–Crippen LogP) is 0.370. The number of hydrogen-bond acceptors (Lipinski definition) is 7. The average Bonchev–Trinajstić information content (AvgIpc) is 3.30. The van der Waals surface area contributed by atoms with Gasteiger partial charge in [0.1, 0.15) is 19.4 Å². The van der Waals surface area contributed by atoms with E-state index in [9.17, 15) is 18.0 Å². The van der Waals surface area contributed by atoms with Gasteiger partial charge in [-0.05, 0) is 31.4 Å². The molecule has 2 heterocycles. The van der Waals surface area contributed by atoms with Crippen molar-refractivity contribution >= 4 is 21.8 Å². The molecule has 170 valence electrons. The van der Waals surface area contributed by atoms with E-state index in [2.05, 4.69) is 10.6 Å². The minimum absolute atomic E-state index is 0.0243. The van der Waals surface area contributed by atoms with Gasteiger partial charge in [-0.3, -0.25) is 9.59 Å². The molecular formula is C20H27N3O7S. The fourth-order valence-corrected chi connectivity index (χ4v) is 5.58. The van der Waals surface area contributed by atoms with Gasteiger partial charge < -0.3 is 24.8 Å². The molecule has 10 nitrogen and oxygen atoms in total. The Labute approximate surface area is 181 Å². The maximum absolute atomic E-state index is 13.2. The molecule has 0 radical (unpaired) electrons. The van der Waals surface area contributed by atoms with Crippen molar-refractivity contribution < 1.29 is 32.2 Å². The van der Waals surface area contributed by atoms with E-state index in [1.165, 1.54) is 16.4 Å². The standard InChI is InChI=1S/C20H27N3O7S/c24-19(20(25)22-14-4-1-2-5-14)21-13-18-23(8-3-9-30-18)31(26,27)15-6-7-16-17(12-15)29-11-10-28-16/h6-7,12,14,18H,1-5,8-11,13H2,(H,21,24)(H,22,25)/t18-/m1/s1. The zero-order valence-corrected chi connectivity index (χ0v) is 18.0. The summed E-state index contributed by atoms with van der Waals surface area (Å²) in [6, 6.07) is 4.48. The summed E-state index contributed by atoms with van der Waals surface area (Å²) >= 11 is 0. The first-order valence-corrected chi connectivity index (χ1v) is 12.0. The topological polar surface area (TPSA) is 123 Å². The van der Waals surface area contributed by atoms with Gasteiger partial charge in [-0.25, -0.2) is 8.42 Å². The van der Waals surface area contributed by atoms with Crippen LogP contribution in [0.25, 0.3) is 0 Å². The normalized spacial score (nSPS) is 22.1. The quantitative estimate of drug-likeness (QED) is 0.618. The van der Waals surface area contributed by atoms with Crippen LogP contribution in [0.2, 0.25) is 0 Å². The summed E-state index contributed by atoms with van der Waals surface area (Å²) in [6.07, 6.45) is 3.43. The van der Waals surface area contributed by atoms with E-state index >= 15 is 0 Å². The molecule has 0 aromatic heterocycles. The Morgan fingerprint density at radius 1 is 1.00 bits per heavy atom. The van der Waals surface area contributed by atoms with Crippen molar-refractivity contribution in [3.63, 3.8) is 0 Å². The van der Waals surface area contributed by atoms with E-state index < -0.39 is 28.1 Å². The molecule has 2 N–H and O–H groups in total. The predicted molar refractivity (Wildman–Crippen MR) is 109 cm³/mol. The summed E-state index contributed by atoms with van der Waals surface area (Å²) in [6.45, 7) is 1.24. The summed E-state index contributed by atoms with van der Waals surface area (Å²) in [4.78, 5) is 24.3. The van der Waals surface area contributed by atoms with E-state index in [0.29, 0.717) is 37.7 Å². The van der Waals surface area contributed by atoms with E-state index in [-0.39, 0.29) is 24.0 Å². The highest BCUT2D eigenvalue weighted by Gasteiger charge is 2.35. The van der Waals surface area contributed by atoms with Gasteiger partial charge in [0.05, 0.1) is 18.0 Å². The van der Waals surface area contributed by atoms with Crippen LogP contribution in [-0.2, 0) is 24.3 Å². The molecule has 31 heavy (non-hydrogen) atoms. The molecule has 2 amide bonds. The Morgan fingerprint density at radius 3 is 2.52 bits per heavy atom. The summed E-state index contributed by atoms with van der Waals surface area (Å²) in [7, 11) is -3.91. The van der Waals surface area contributed by atoms with Crippen molar-refractivity contribution in [3.8, 4) is 11.5 Å². The number of amides is 2. The van der Waals surface area contributed by atoms with Crippen molar-refractivity contribution in [1.29, 1.82) is 0 Å². The fraction of sp³-hybridized carbons (Fsp3) is 0.600. The van der Waals surface area contributed by atoms with E-state index in [4.69, 9.17) is 14.2 Å². The molecule has 2 aliphatic heterocycles. The smallest absolute Gasteiger partial charge is 0.309 e. The van der Waals surface area contributed by atoms with Crippen LogP contribution in [0.3, 0.4) is 0 Å². The number of nitrogens with one attached hydrogen (secondary N) is 2. The minimum atomic E-state index is -3.91. The lowest BCUT2D eigenvalue weighted by molar-refractivity contribution is -0.140. The second kappa shape index (κ2) is 9.41. The largest absolute Gasteiger partial charge is 0.486 e. The SMILES string of the molecule is O=C(NC[C@H]1OCCCN1S(=O)(=O)c1ccc2c(c1)OCCO2)C(=O)NC1CCCC1. The Hall–Kier alpha value is -2.37. The second-order valence-corrected chi connectivity index (χ2v) is 9.66. The molecule has 1 saturated carbocycles. The Kier molecular flexibility index (Phi) is 6.63. The summed E-state index contributed by atoms with van der Waals surface area (Å²) in [5, 5.41) is 5.22. The molecule has 1 atom stereocenters. The van der Waals surface area contributed by atoms with Crippen LogP contribution in [0.1, 0.15) is 32.1 Å². The van der Waals surface area contributed by atoms with Crippen LogP contribution in [-0.4, -0.2) is 69.7 Å². The van der Waals surface area contributed by atoms with Crippen molar-refractivity contribution in [2.45, 2.75) is 49.3 Å². The molecule has 1 aromatic rings. The van der Waals surface area contributed by atoms with Crippen LogP contribution < -0.4 is 20.1 Å². The van der Waals surface area contributed by atoms with Gasteiger partial charge in [0, 0.05) is 18.7 Å². The number of sulfonamides is 1. The van der Waals surface area contributed by atoms with E-state index in [1.807, 2.05) is 0 Å². The van der Waals surface area contributed by atoms with Gasteiger partial charge in [0.25, 0.3) is 0 Å². The highest BCUT2D eigenvalue weighted by molar-refractivity contribution is 7.89. The molecule has 0 spiro atoms. The van der Waals surface area contributed by atoms with Crippen molar-refractivity contribution in [2.75, 3.05) is 32.9 Å². The summed E-state index contributed by atoms with van der Waals surface area (Å²) in [5.74, 6) is -0.627. The van der Waals surface area contributed by atoms with Crippen LogP contribution in [0.4, 0.5) is 0 Å². The highest BCUT2D eigenvalue weighted by Crippen LogP contribution is 2.34. The van der Waals surface area contributed by atoms with Gasteiger partial charge in [-0.1, -0.05) is 12.8 Å². The Morgan fingerprint density at radius 2 is 1.74 bits per heavy atom. The number of benzene rings is 1. The number of ether oxygens (including phenoxy) is 3. The Balaban J connectivity index is 1.41. The molecule has 4 rings (SSSR count). The summed E-state index contributed by atoms with van der Waals surface area (Å²) < 4.78 is 44.3. The van der Waals surface area contributed by atoms with Gasteiger partial charge in [0.15, 0.2) is 11.5 Å². The number of hydrogen-bond donors (Lipinski definition) is 2. The third-order valence-corrected chi connectivity index (χ3v) is 7.49. The van der Waals surface area contributed by atoms with Gasteiger partial charge in [-0.15, -0.1) is 0 Å². The van der Waals surface area contributed by atoms with Gasteiger partial charge in [0.2, 0.25) is 10.0 Å². The monoisotopic (exact) mass is 453 g/mol. The maximum Gasteiger partial charge on any atom is 0.309 e. The number of nitrogens with zero attached hydrogens (tertiary/aromatic N) is 1. The molecule has 1 aromatic carbocycles. The second-order valence-electron chi connectivity index (χ2n) is 7.77. The van der Waals surface area contributed by atoms with E-state index in [1.54, 1.807) is 6.07 Å². The van der Waals surface area contributed by atoms with E-state index in [0.717, 1.165) is 25.7 Å². The molecule has 1 saturated heterocycles. The first kappa shape index (κ1) is 21.8. The molecule has 0 unspecified atom stereocenters. The van der Waals surface area contributed by atoms with Crippen molar-refractivity contribution in [1.82, 2.24) is 14.9 Å². The van der Waals surface area contributed by atoms with Crippen LogP contribution in [0, 0.1) is 0 Å². The molecular weight excluding hydrogens is 426 g/mol. The zero-order valence-electron chi connectivity index (χ0n) is 17.2. The lowest BCUT2D eigenvalue weighted by Crippen LogP contribution is -2.53. The zero-order chi connectivity index (χ0) is 21.8. The molecule has 11 heteroatoms. The van der Waals surface area contributed by atoms with Gasteiger partial charge >= 0.3 is 11.8 Å². The van der Waals surface area contributed by atoms with Crippen molar-refractivity contribution in [2.24, 2.45) is 0 Å². The van der Waals surface area contributed by atoms with Crippen LogP contribution in [0.15, 0.2) is 23.1 Å². The molecule has 3 aliphatic rings. The van der Waals surface area contributed by atoms with Crippen LogP contribution in [0.5, 0.6) is 11.5 Å². The lowest BCUT2D eigenvalue weighted by Gasteiger charge is -2.34. The first-order chi connectivity index (χ1) is 14.9. The number of carbonyl (C=O) groups excluding carboxylic acids is 2. The third-order valence-electron chi connectivity index (χ3n) is 5.61. The fourth-order valence-electron chi connectivity index (χ4n) is 4.00. The number of fused-ring (bicyclic) bond motifs is 1. The third kappa shape index (κ3) is 4.94. The van der Waals surface area contributed by atoms with Crippen LogP contribution >= 0.6 is 0 Å². The average molecular weight is 454 g/mol. The molecule has 2 fully saturated rings. The number of carbonyl (C=O) groups is 2. The minimum Gasteiger partial charge on any atom is -0.486 e. The molecule has 1 aliphatic carbocycles. The number of rotatable bonds is 5. The highest BCUT2D eigenvalue weighted by atomic mass is 32.2. The van der Waals surface area contributed by atoms with Gasteiger partial charge in [-0.2, -0.15) is 4.31 Å². The lowest BCUT2D eigenvalue weighted by atomic mass is 10.2. The summed E-state index contributed by atoms with van der Waals surface area (Å²) in [5.41, 5.74) is 0. The van der Waals surface area contributed by atoms with Crippen molar-refractivity contribution in [3.05, 3.63) is 18.2 Å². The molecule has 0 bridgehead atoms.